The molecule has 15 nitrogen and oxygen atoms in total. The lowest BCUT2D eigenvalue weighted by Gasteiger charge is -2.38. The smallest absolute Gasteiger partial charge is 0.312 e. The predicted octanol–water partition coefficient (Wildman–Crippen LogP) is 7.46. The highest BCUT2D eigenvalue weighted by atomic mass is 16.7. The number of carbonyl (C=O) groups excluding carboxylic acids is 3. The number of benzene rings is 2. The molecule has 2 aromatic rings. The molecule has 0 saturated carbocycles. The number of ketones is 1. The SMILES string of the molecule is CCCCC(CCC)O/N=C/c1c2c(O)c3c(O)c(C)c4c(c3c1O)C(=O)[C@@](C)(O/C=C\[C@H](OC)[C@@H](C)[C@@H](OC(C)=O)[C@H](C)[C@H](O)[C@H](C)[C@@H](O)[C@@H](C)/C=C\C=C(\C)C(=O)N2)O4. The molecular formula is C46H64N2O13. The van der Waals surface area contributed by atoms with E-state index in [0.29, 0.717) is 6.42 Å². The number of oxime groups is 1. The van der Waals surface area contributed by atoms with Gasteiger partial charge in [-0.15, -0.1) is 0 Å². The van der Waals surface area contributed by atoms with Gasteiger partial charge in [-0.3, -0.25) is 14.4 Å². The highest BCUT2D eigenvalue weighted by Crippen LogP contribution is 2.55. The standard InChI is InChI=1S/C46H64N2O13/c1-12-14-19-30(16-13-2)61-47-22-31-36-41(54)34-33(40(31)53)35-43(28(8)39(34)52)60-46(10,44(35)55)58-21-20-32(57-11)25(5)42(59-29(9)49)27(7)38(51)26(6)37(50)23(3)17-15-18-24(4)45(56)48-36/h15,17-18,20-23,25-27,30,32,37-38,42,50-54H,12-14,16,19H2,1-11H3,(H,48,56)/b17-15-,21-20-,24-18-,47-22+/t23-,25+,26+,27+,30?,32-,37-,38+,42+,46-/m0/s1. The molecule has 336 valence electrons. The highest BCUT2D eigenvalue weighted by molar-refractivity contribution is 6.23. The fourth-order valence-electron chi connectivity index (χ4n) is 8.05. The van der Waals surface area contributed by atoms with Gasteiger partial charge in [0.1, 0.15) is 29.5 Å². The molecule has 0 fully saturated rings. The van der Waals surface area contributed by atoms with Crippen LogP contribution in [0.3, 0.4) is 0 Å². The minimum Gasteiger partial charge on any atom is -0.507 e. The van der Waals surface area contributed by atoms with Crippen LogP contribution in [0.15, 0.2) is 41.3 Å². The summed E-state index contributed by atoms with van der Waals surface area (Å²) in [5.41, 5.74) is -0.541. The molecule has 1 unspecified atom stereocenters. The van der Waals surface area contributed by atoms with Gasteiger partial charge in [0.25, 0.3) is 11.7 Å². The number of carbonyl (C=O) groups is 3. The third-order valence-corrected chi connectivity index (χ3v) is 11.9. The third kappa shape index (κ3) is 10.3. The van der Waals surface area contributed by atoms with Gasteiger partial charge in [-0.25, -0.2) is 0 Å². The summed E-state index contributed by atoms with van der Waals surface area (Å²) in [5.74, 6) is -8.56. The molecule has 61 heavy (non-hydrogen) atoms. The number of amides is 1. The molecular weight excluding hydrogens is 789 g/mol. The van der Waals surface area contributed by atoms with Crippen molar-refractivity contribution in [3.8, 4) is 23.0 Å². The molecule has 5 rings (SSSR count). The Balaban J connectivity index is 1.97. The first kappa shape index (κ1) is 48.5. The Hall–Kier alpha value is -5.12. The Morgan fingerprint density at radius 2 is 1.64 bits per heavy atom. The highest BCUT2D eigenvalue weighted by Gasteiger charge is 2.50. The van der Waals surface area contributed by atoms with Crippen molar-refractivity contribution < 1.29 is 63.7 Å². The first-order chi connectivity index (χ1) is 28.8. The third-order valence-electron chi connectivity index (χ3n) is 11.9. The number of hydrogen-bond acceptors (Lipinski definition) is 14. The lowest BCUT2D eigenvalue weighted by molar-refractivity contribution is -0.160. The number of phenols is 3. The van der Waals surface area contributed by atoms with Crippen molar-refractivity contribution in [1.29, 1.82) is 0 Å². The van der Waals surface area contributed by atoms with Crippen molar-refractivity contribution in [2.75, 3.05) is 12.4 Å². The van der Waals surface area contributed by atoms with Crippen molar-refractivity contribution in [2.24, 2.45) is 28.8 Å². The van der Waals surface area contributed by atoms with Crippen LogP contribution in [0.5, 0.6) is 23.0 Å². The molecule has 10 atom stereocenters. The summed E-state index contributed by atoms with van der Waals surface area (Å²) in [5, 5.41) is 64.7. The normalized spacial score (nSPS) is 30.0. The number of methoxy groups -OCH3 is 1. The molecule has 0 aliphatic carbocycles. The van der Waals surface area contributed by atoms with Gasteiger partial charge in [0.2, 0.25) is 0 Å². The van der Waals surface area contributed by atoms with Gasteiger partial charge in [-0.05, 0) is 39.2 Å². The number of esters is 1. The Labute approximate surface area is 358 Å². The molecule has 0 radical (unpaired) electrons. The second-order valence-electron chi connectivity index (χ2n) is 16.5. The minimum absolute atomic E-state index is 0.0413. The van der Waals surface area contributed by atoms with Crippen LogP contribution >= 0.6 is 0 Å². The molecule has 3 aliphatic heterocycles. The molecule has 3 heterocycles. The number of Topliss-reactive ketones (excluding diaryl/α,β-unsaturated/α-hetero) is 1. The van der Waals surface area contributed by atoms with E-state index in [-0.39, 0.29) is 50.6 Å². The summed E-state index contributed by atoms with van der Waals surface area (Å²) < 4.78 is 23.6. The van der Waals surface area contributed by atoms with E-state index in [1.807, 2.05) is 6.92 Å². The molecule has 15 heteroatoms. The monoisotopic (exact) mass is 852 g/mol. The van der Waals surface area contributed by atoms with Crippen LogP contribution in [0.4, 0.5) is 5.69 Å². The maximum atomic E-state index is 14.5. The van der Waals surface area contributed by atoms with Gasteiger partial charge in [0.15, 0.2) is 5.75 Å². The Morgan fingerprint density at radius 3 is 2.26 bits per heavy atom. The van der Waals surface area contributed by atoms with Gasteiger partial charge in [-0.1, -0.05) is 77.8 Å². The predicted molar refractivity (Wildman–Crippen MR) is 231 cm³/mol. The largest absolute Gasteiger partial charge is 0.507 e. The zero-order valence-electron chi connectivity index (χ0n) is 37.1. The Morgan fingerprint density at radius 1 is 0.951 bits per heavy atom. The number of ether oxygens (including phenoxy) is 4. The summed E-state index contributed by atoms with van der Waals surface area (Å²) in [6, 6.07) is 0. The van der Waals surface area contributed by atoms with Gasteiger partial charge in [0.05, 0.1) is 53.0 Å². The topological polar surface area (TPSA) is 223 Å². The van der Waals surface area contributed by atoms with E-state index >= 15 is 0 Å². The van der Waals surface area contributed by atoms with Gasteiger partial charge < -0.3 is 54.6 Å². The quantitative estimate of drug-likeness (QED) is 0.0450. The number of nitrogens with one attached hydrogen (secondary N) is 1. The number of nitrogens with zero attached hydrogens (tertiary/aromatic N) is 1. The van der Waals surface area contributed by atoms with Crippen LogP contribution in [0.2, 0.25) is 0 Å². The van der Waals surface area contributed by atoms with Crippen LogP contribution in [0.1, 0.15) is 116 Å². The van der Waals surface area contributed by atoms with Crippen LogP contribution in [0, 0.1) is 30.6 Å². The molecule has 1 amide bonds. The van der Waals surface area contributed by atoms with Crippen molar-refractivity contribution in [2.45, 2.75) is 138 Å². The van der Waals surface area contributed by atoms with Gasteiger partial charge >= 0.3 is 11.8 Å². The number of phenolic OH excluding ortho intramolecular Hbond substituents is 3. The van der Waals surface area contributed by atoms with E-state index in [0.717, 1.165) is 31.9 Å². The van der Waals surface area contributed by atoms with E-state index in [9.17, 15) is 39.9 Å². The first-order valence-corrected chi connectivity index (χ1v) is 21.0. The Kier molecular flexibility index (Phi) is 16.4. The van der Waals surface area contributed by atoms with E-state index in [4.69, 9.17) is 23.8 Å². The van der Waals surface area contributed by atoms with Crippen LogP contribution < -0.4 is 10.1 Å². The van der Waals surface area contributed by atoms with E-state index < -0.39 is 88.8 Å². The summed E-state index contributed by atoms with van der Waals surface area (Å²) in [6.07, 6.45) is 8.48. The second kappa shape index (κ2) is 20.6. The number of unbranched alkanes of at least 4 members (excludes halogenated alkanes) is 1. The van der Waals surface area contributed by atoms with Crippen molar-refractivity contribution in [3.63, 3.8) is 0 Å². The number of allylic oxidation sites excluding steroid dienone is 2. The summed E-state index contributed by atoms with van der Waals surface area (Å²) >= 11 is 0. The lowest BCUT2D eigenvalue weighted by Crippen LogP contribution is -2.46. The van der Waals surface area contributed by atoms with E-state index in [1.165, 1.54) is 53.2 Å². The molecule has 3 aliphatic rings. The number of hydrogen-bond donors (Lipinski definition) is 6. The average Bonchev–Trinajstić information content (AvgIpc) is 3.49. The number of anilines is 1. The number of fused-ring (bicyclic) bond motifs is 14. The van der Waals surface area contributed by atoms with Crippen LogP contribution in [-0.4, -0.2) is 92.8 Å². The molecule has 0 aromatic heterocycles. The second-order valence-corrected chi connectivity index (χ2v) is 16.5. The summed E-state index contributed by atoms with van der Waals surface area (Å²) in [4.78, 5) is 46.4. The fourth-order valence-corrected chi connectivity index (χ4v) is 8.05. The maximum absolute atomic E-state index is 14.5. The van der Waals surface area contributed by atoms with Gasteiger partial charge in [0, 0.05) is 61.2 Å². The number of aromatic hydroxyl groups is 3. The maximum Gasteiger partial charge on any atom is 0.312 e. The van der Waals surface area contributed by atoms with Crippen LogP contribution in [-0.2, 0) is 28.6 Å². The van der Waals surface area contributed by atoms with Crippen LogP contribution in [0.25, 0.3) is 10.8 Å². The summed E-state index contributed by atoms with van der Waals surface area (Å²) in [7, 11) is 1.43. The fraction of sp³-hybridized carbons (Fsp3) is 0.565. The van der Waals surface area contributed by atoms with E-state index in [2.05, 4.69) is 17.4 Å². The Bertz CT molecular complexity index is 2060. The van der Waals surface area contributed by atoms with Crippen molar-refractivity contribution in [3.05, 3.63) is 52.8 Å². The van der Waals surface area contributed by atoms with Gasteiger partial charge in [-0.2, -0.15) is 0 Å². The average molecular weight is 853 g/mol. The number of aliphatic hydroxyl groups is 2. The molecule has 0 saturated heterocycles. The molecule has 6 N–H and O–H groups in total. The molecule has 5 bridgehead atoms. The lowest BCUT2D eigenvalue weighted by atomic mass is 9.78. The number of aliphatic hydroxyl groups excluding tert-OH is 2. The molecule has 0 spiro atoms. The first-order valence-electron chi connectivity index (χ1n) is 21.0. The zero-order chi connectivity index (χ0) is 45.5. The van der Waals surface area contributed by atoms with Crippen molar-refractivity contribution in [1.82, 2.24) is 0 Å². The van der Waals surface area contributed by atoms with Crippen molar-refractivity contribution >= 4 is 40.3 Å². The zero-order valence-corrected chi connectivity index (χ0v) is 37.1. The van der Waals surface area contributed by atoms with E-state index in [1.54, 1.807) is 39.8 Å². The minimum atomic E-state index is -2.06. The number of rotatable bonds is 10. The summed E-state index contributed by atoms with van der Waals surface area (Å²) in [6.45, 7) is 16.6. The molecule has 2 aromatic carbocycles.